The Hall–Kier alpha value is -1.26. The van der Waals surface area contributed by atoms with E-state index in [-0.39, 0.29) is 0 Å². The molecule has 0 saturated carbocycles. The highest BCUT2D eigenvalue weighted by atomic mass is 32.1. The molecule has 0 bridgehead atoms. The van der Waals surface area contributed by atoms with Gasteiger partial charge in [0.1, 0.15) is 5.01 Å². The smallest absolute Gasteiger partial charge is 0.110 e. The van der Waals surface area contributed by atoms with Crippen molar-refractivity contribution < 1.29 is 0 Å². The molecule has 1 aliphatic heterocycles. The van der Waals surface area contributed by atoms with E-state index in [0.717, 1.165) is 6.54 Å². The molecule has 2 aromatic rings. The lowest BCUT2D eigenvalue weighted by Gasteiger charge is -2.34. The van der Waals surface area contributed by atoms with Crippen LogP contribution in [-0.2, 0) is 6.54 Å². The molecule has 0 aromatic carbocycles. The predicted molar refractivity (Wildman–Crippen MR) is 78.1 cm³/mol. The highest BCUT2D eigenvalue weighted by Crippen LogP contribution is 2.33. The maximum atomic E-state index is 4.52. The van der Waals surface area contributed by atoms with Crippen LogP contribution in [0.5, 0.6) is 0 Å². The molecule has 1 atom stereocenters. The van der Waals surface area contributed by atoms with Crippen molar-refractivity contribution in [2.75, 3.05) is 6.54 Å². The minimum absolute atomic E-state index is 0.501. The van der Waals surface area contributed by atoms with Gasteiger partial charge in [-0.05, 0) is 43.5 Å². The first-order chi connectivity index (χ1) is 9.34. The molecular weight excluding hydrogens is 254 g/mol. The van der Waals surface area contributed by atoms with Gasteiger partial charge in [0.05, 0.1) is 6.04 Å². The first-order valence-electron chi connectivity index (χ1n) is 6.87. The van der Waals surface area contributed by atoms with Gasteiger partial charge < -0.3 is 0 Å². The normalized spacial score (nSPS) is 20.6. The van der Waals surface area contributed by atoms with Crippen molar-refractivity contribution in [1.29, 1.82) is 0 Å². The molecule has 1 aliphatic rings. The fraction of sp³-hybridized carbons (Fsp3) is 0.467. The minimum atomic E-state index is 0.501. The van der Waals surface area contributed by atoms with E-state index in [0.29, 0.717) is 6.04 Å². The zero-order valence-electron chi connectivity index (χ0n) is 11.2. The Balaban J connectivity index is 1.80. The summed E-state index contributed by atoms with van der Waals surface area (Å²) in [5.74, 6) is 0. The molecule has 0 radical (unpaired) electrons. The molecule has 0 amide bonds. The fourth-order valence-corrected chi connectivity index (χ4v) is 3.56. The number of thiazole rings is 1. The zero-order valence-corrected chi connectivity index (χ0v) is 12.1. The summed E-state index contributed by atoms with van der Waals surface area (Å²) < 4.78 is 0. The Labute approximate surface area is 118 Å². The predicted octanol–water partition coefficient (Wildman–Crippen LogP) is 3.57. The third-order valence-corrected chi connectivity index (χ3v) is 4.74. The third-order valence-electron chi connectivity index (χ3n) is 3.86. The average Bonchev–Trinajstić information content (AvgIpc) is 2.96. The number of rotatable bonds is 3. The van der Waals surface area contributed by atoms with Gasteiger partial charge in [-0.25, -0.2) is 4.98 Å². The largest absolute Gasteiger partial charge is 0.290 e. The van der Waals surface area contributed by atoms with Crippen LogP contribution in [0.15, 0.2) is 30.0 Å². The van der Waals surface area contributed by atoms with E-state index in [4.69, 9.17) is 0 Å². The van der Waals surface area contributed by atoms with Crippen molar-refractivity contribution in [3.63, 3.8) is 0 Å². The lowest BCUT2D eigenvalue weighted by molar-refractivity contribution is 0.140. The highest BCUT2D eigenvalue weighted by Gasteiger charge is 2.25. The van der Waals surface area contributed by atoms with Crippen LogP contribution in [0.2, 0.25) is 0 Å². The number of pyridine rings is 1. The number of piperidine rings is 1. The second-order valence-electron chi connectivity index (χ2n) is 5.15. The van der Waals surface area contributed by atoms with Gasteiger partial charge in [-0.2, -0.15) is 0 Å². The maximum absolute atomic E-state index is 4.52. The van der Waals surface area contributed by atoms with E-state index in [1.807, 2.05) is 18.6 Å². The Bertz CT molecular complexity index is 524. The van der Waals surface area contributed by atoms with Crippen molar-refractivity contribution in [3.8, 4) is 0 Å². The summed E-state index contributed by atoms with van der Waals surface area (Å²) in [6.45, 7) is 4.33. The molecule has 0 aliphatic carbocycles. The number of nitrogens with zero attached hydrogens (tertiary/aromatic N) is 3. The van der Waals surface area contributed by atoms with Crippen LogP contribution >= 0.6 is 11.3 Å². The van der Waals surface area contributed by atoms with Crippen molar-refractivity contribution in [2.24, 2.45) is 0 Å². The van der Waals surface area contributed by atoms with Crippen molar-refractivity contribution >= 4 is 11.3 Å². The molecule has 3 rings (SSSR count). The first-order valence-corrected chi connectivity index (χ1v) is 7.75. The van der Waals surface area contributed by atoms with Gasteiger partial charge in [0.2, 0.25) is 0 Å². The van der Waals surface area contributed by atoms with E-state index in [1.165, 1.54) is 41.9 Å². The summed E-state index contributed by atoms with van der Waals surface area (Å²) in [6, 6.07) is 2.64. The SMILES string of the molecule is Cc1cnccc1CN1CCCCC1c1nccs1. The summed E-state index contributed by atoms with van der Waals surface area (Å²) in [5.41, 5.74) is 2.67. The number of likely N-dealkylation sites (tertiary alicyclic amines) is 1. The molecule has 19 heavy (non-hydrogen) atoms. The standard InChI is InChI=1S/C15H19N3S/c1-12-10-16-6-5-13(12)11-18-8-3-2-4-14(18)15-17-7-9-19-15/h5-7,9-10,14H,2-4,8,11H2,1H3. The quantitative estimate of drug-likeness (QED) is 0.856. The molecule has 3 heterocycles. The molecule has 2 aromatic heterocycles. The second kappa shape index (κ2) is 5.80. The van der Waals surface area contributed by atoms with Crippen LogP contribution in [0.1, 0.15) is 41.4 Å². The van der Waals surface area contributed by atoms with Crippen LogP contribution in [0.25, 0.3) is 0 Å². The average molecular weight is 273 g/mol. The fourth-order valence-electron chi connectivity index (χ4n) is 2.76. The van der Waals surface area contributed by atoms with E-state index in [2.05, 4.69) is 33.2 Å². The molecule has 1 unspecified atom stereocenters. The van der Waals surface area contributed by atoms with E-state index in [1.54, 1.807) is 11.3 Å². The topological polar surface area (TPSA) is 29.0 Å². The molecule has 3 nitrogen and oxygen atoms in total. The number of hydrogen-bond donors (Lipinski definition) is 0. The van der Waals surface area contributed by atoms with Gasteiger partial charge >= 0.3 is 0 Å². The summed E-state index contributed by atoms with van der Waals surface area (Å²) in [6.07, 6.45) is 9.62. The minimum Gasteiger partial charge on any atom is -0.290 e. The maximum Gasteiger partial charge on any atom is 0.110 e. The Kier molecular flexibility index (Phi) is 3.89. The van der Waals surface area contributed by atoms with E-state index < -0.39 is 0 Å². The van der Waals surface area contributed by atoms with E-state index in [9.17, 15) is 0 Å². The van der Waals surface area contributed by atoms with Crippen LogP contribution < -0.4 is 0 Å². The molecule has 100 valence electrons. The third kappa shape index (κ3) is 2.85. The number of aromatic nitrogens is 2. The van der Waals surface area contributed by atoms with Crippen molar-refractivity contribution in [3.05, 3.63) is 46.2 Å². The first kappa shape index (κ1) is 12.8. The summed E-state index contributed by atoms with van der Waals surface area (Å²) >= 11 is 1.78. The van der Waals surface area contributed by atoms with Gasteiger partial charge in [0.15, 0.2) is 0 Å². The molecule has 1 fully saturated rings. The number of hydrogen-bond acceptors (Lipinski definition) is 4. The Morgan fingerprint density at radius 1 is 1.37 bits per heavy atom. The van der Waals surface area contributed by atoms with Crippen LogP contribution in [0.3, 0.4) is 0 Å². The summed E-state index contributed by atoms with van der Waals surface area (Å²) in [5, 5.41) is 3.35. The molecule has 1 saturated heterocycles. The number of aryl methyl sites for hydroxylation is 1. The lowest BCUT2D eigenvalue weighted by Crippen LogP contribution is -2.33. The van der Waals surface area contributed by atoms with Gasteiger partial charge in [0, 0.05) is 30.5 Å². The van der Waals surface area contributed by atoms with Gasteiger partial charge in [-0.1, -0.05) is 6.42 Å². The van der Waals surface area contributed by atoms with Gasteiger partial charge in [-0.3, -0.25) is 9.88 Å². The summed E-state index contributed by atoms with van der Waals surface area (Å²) in [4.78, 5) is 11.3. The van der Waals surface area contributed by atoms with Gasteiger partial charge in [-0.15, -0.1) is 11.3 Å². The Morgan fingerprint density at radius 3 is 3.11 bits per heavy atom. The highest BCUT2D eigenvalue weighted by molar-refractivity contribution is 7.09. The van der Waals surface area contributed by atoms with Crippen molar-refractivity contribution in [2.45, 2.75) is 38.8 Å². The molecule has 0 spiro atoms. The molecule has 0 N–H and O–H groups in total. The zero-order chi connectivity index (χ0) is 13.1. The Morgan fingerprint density at radius 2 is 2.32 bits per heavy atom. The van der Waals surface area contributed by atoms with E-state index >= 15 is 0 Å². The molecular formula is C15H19N3S. The van der Waals surface area contributed by atoms with Crippen LogP contribution in [-0.4, -0.2) is 21.4 Å². The van der Waals surface area contributed by atoms with Crippen LogP contribution in [0.4, 0.5) is 0 Å². The van der Waals surface area contributed by atoms with Crippen LogP contribution in [0, 0.1) is 6.92 Å². The lowest BCUT2D eigenvalue weighted by atomic mass is 10.0. The van der Waals surface area contributed by atoms with Crippen molar-refractivity contribution in [1.82, 2.24) is 14.9 Å². The molecule has 4 heteroatoms. The van der Waals surface area contributed by atoms with Gasteiger partial charge in [0.25, 0.3) is 0 Å². The monoisotopic (exact) mass is 273 g/mol. The second-order valence-corrected chi connectivity index (χ2v) is 6.08. The summed E-state index contributed by atoms with van der Waals surface area (Å²) in [7, 11) is 0.